The van der Waals surface area contributed by atoms with E-state index in [-0.39, 0.29) is 5.91 Å². The number of hydrogen-bond acceptors (Lipinski definition) is 2. The quantitative estimate of drug-likeness (QED) is 0.490. The summed E-state index contributed by atoms with van der Waals surface area (Å²) in [7, 11) is 0. The lowest BCUT2D eigenvalue weighted by atomic mass is 10.0. The predicted octanol–water partition coefficient (Wildman–Crippen LogP) is 5.47. The topological polar surface area (TPSA) is 38.3 Å². The Morgan fingerprint density at radius 1 is 0.857 bits per heavy atom. The highest BCUT2D eigenvalue weighted by molar-refractivity contribution is 5.87. The molecule has 1 atom stereocenters. The summed E-state index contributed by atoms with van der Waals surface area (Å²) in [6.07, 6.45) is 0.0879. The fourth-order valence-electron chi connectivity index (χ4n) is 3.47. The van der Waals surface area contributed by atoms with E-state index < -0.39 is 6.10 Å². The molecule has 0 spiro atoms. The summed E-state index contributed by atoms with van der Waals surface area (Å²) in [5.74, 6) is 0.620. The van der Waals surface area contributed by atoms with Crippen molar-refractivity contribution in [1.82, 2.24) is 5.32 Å². The molecule has 0 aliphatic carbocycles. The summed E-state index contributed by atoms with van der Waals surface area (Å²) >= 11 is 0. The largest absolute Gasteiger partial charge is 0.481 e. The molecular weight excluding hydrogens is 346 g/mol. The zero-order valence-corrected chi connectivity index (χ0v) is 15.9. The summed E-state index contributed by atoms with van der Waals surface area (Å²) in [6.45, 7) is 2.45. The lowest BCUT2D eigenvalue weighted by molar-refractivity contribution is -0.128. The Bertz CT molecular complexity index is 1110. The second-order valence-electron chi connectivity index (χ2n) is 6.88. The minimum atomic E-state index is -0.517. The molecule has 4 rings (SSSR count). The molecular formula is C25H23NO2. The first-order valence-electron chi connectivity index (χ1n) is 9.64. The van der Waals surface area contributed by atoms with Crippen LogP contribution in [0, 0.1) is 0 Å². The van der Waals surface area contributed by atoms with Gasteiger partial charge in [0.25, 0.3) is 5.91 Å². The summed E-state index contributed by atoms with van der Waals surface area (Å²) < 4.78 is 6.00. The average Bonchev–Trinajstić information content (AvgIpc) is 2.75. The van der Waals surface area contributed by atoms with Gasteiger partial charge in [0, 0.05) is 6.54 Å². The third kappa shape index (κ3) is 3.84. The zero-order valence-electron chi connectivity index (χ0n) is 15.9. The number of carbonyl (C=O) groups is 1. The number of benzene rings is 4. The maximum Gasteiger partial charge on any atom is 0.261 e. The van der Waals surface area contributed by atoms with Gasteiger partial charge in [0.05, 0.1) is 0 Å². The molecule has 1 amide bonds. The van der Waals surface area contributed by atoms with E-state index in [1.165, 1.54) is 5.39 Å². The number of ether oxygens (including phenoxy) is 1. The van der Waals surface area contributed by atoms with Gasteiger partial charge in [0.15, 0.2) is 6.10 Å². The number of rotatable bonds is 6. The van der Waals surface area contributed by atoms with E-state index in [4.69, 9.17) is 4.74 Å². The standard InChI is InChI=1S/C25H23NO2/c1-2-24(28-22-15-14-18-8-3-4-10-20(18)16-22)25(27)26-17-21-12-7-11-19-9-5-6-13-23(19)21/h3-16,24H,2,17H2,1H3,(H,26,27)/t24-/m0/s1. The molecule has 0 heterocycles. The van der Waals surface area contributed by atoms with Crippen molar-refractivity contribution in [3.8, 4) is 5.75 Å². The van der Waals surface area contributed by atoms with Gasteiger partial charge in [-0.1, -0.05) is 79.7 Å². The van der Waals surface area contributed by atoms with E-state index in [2.05, 4.69) is 29.6 Å². The van der Waals surface area contributed by atoms with Crippen molar-refractivity contribution in [3.05, 3.63) is 90.5 Å². The van der Waals surface area contributed by atoms with Crippen LogP contribution in [0.4, 0.5) is 0 Å². The molecule has 0 aliphatic rings. The van der Waals surface area contributed by atoms with E-state index in [1.54, 1.807) is 0 Å². The number of hydrogen-bond donors (Lipinski definition) is 1. The van der Waals surface area contributed by atoms with Crippen LogP contribution in [0.5, 0.6) is 5.75 Å². The summed E-state index contributed by atoms with van der Waals surface area (Å²) in [4.78, 5) is 12.7. The smallest absolute Gasteiger partial charge is 0.261 e. The van der Waals surface area contributed by atoms with Crippen LogP contribution in [0.2, 0.25) is 0 Å². The summed E-state index contributed by atoms with van der Waals surface area (Å²) in [5.41, 5.74) is 1.10. The Kier molecular flexibility index (Phi) is 5.24. The van der Waals surface area contributed by atoms with E-state index in [0.717, 1.165) is 21.7 Å². The Morgan fingerprint density at radius 2 is 1.57 bits per heavy atom. The first kappa shape index (κ1) is 18.1. The van der Waals surface area contributed by atoms with E-state index >= 15 is 0 Å². The van der Waals surface area contributed by atoms with E-state index in [1.807, 2.05) is 67.6 Å². The predicted molar refractivity (Wildman–Crippen MR) is 114 cm³/mol. The molecule has 0 unspecified atom stereocenters. The molecule has 0 fully saturated rings. The highest BCUT2D eigenvalue weighted by Gasteiger charge is 2.18. The molecule has 1 N–H and O–H groups in total. The maximum absolute atomic E-state index is 12.7. The molecule has 0 saturated carbocycles. The van der Waals surface area contributed by atoms with Crippen LogP contribution in [0.3, 0.4) is 0 Å². The molecule has 3 nitrogen and oxygen atoms in total. The van der Waals surface area contributed by atoms with Crippen molar-refractivity contribution in [2.24, 2.45) is 0 Å². The molecule has 4 aromatic rings. The normalized spacial score (nSPS) is 12.0. The van der Waals surface area contributed by atoms with Crippen LogP contribution in [-0.2, 0) is 11.3 Å². The van der Waals surface area contributed by atoms with Crippen molar-refractivity contribution < 1.29 is 9.53 Å². The van der Waals surface area contributed by atoms with Gasteiger partial charge in [-0.2, -0.15) is 0 Å². The van der Waals surface area contributed by atoms with Gasteiger partial charge < -0.3 is 10.1 Å². The van der Waals surface area contributed by atoms with Crippen LogP contribution < -0.4 is 10.1 Å². The average molecular weight is 369 g/mol. The first-order chi connectivity index (χ1) is 13.7. The summed E-state index contributed by atoms with van der Waals surface area (Å²) in [6, 6.07) is 28.4. The van der Waals surface area contributed by atoms with Gasteiger partial charge in [0.2, 0.25) is 0 Å². The fraction of sp³-hybridized carbons (Fsp3) is 0.160. The van der Waals surface area contributed by atoms with Gasteiger partial charge in [-0.15, -0.1) is 0 Å². The Hall–Kier alpha value is -3.33. The molecule has 3 heteroatoms. The SMILES string of the molecule is CC[C@H](Oc1ccc2ccccc2c1)C(=O)NCc1cccc2ccccc12. The monoisotopic (exact) mass is 369 g/mol. The molecule has 0 aliphatic heterocycles. The van der Waals surface area contributed by atoms with Gasteiger partial charge in [-0.3, -0.25) is 4.79 Å². The van der Waals surface area contributed by atoms with Gasteiger partial charge >= 0.3 is 0 Å². The van der Waals surface area contributed by atoms with Gasteiger partial charge in [-0.05, 0) is 45.7 Å². The highest BCUT2D eigenvalue weighted by Crippen LogP contribution is 2.22. The molecule has 0 radical (unpaired) electrons. The van der Waals surface area contributed by atoms with E-state index in [0.29, 0.717) is 18.7 Å². The zero-order chi connectivity index (χ0) is 19.3. The molecule has 0 saturated heterocycles. The van der Waals surface area contributed by atoms with Crippen LogP contribution in [0.25, 0.3) is 21.5 Å². The number of nitrogens with one attached hydrogen (secondary N) is 1. The Balaban J connectivity index is 1.46. The number of amides is 1. The van der Waals surface area contributed by atoms with Gasteiger partial charge in [-0.25, -0.2) is 0 Å². The Labute approximate surface area is 165 Å². The molecule has 4 aromatic carbocycles. The first-order valence-corrected chi connectivity index (χ1v) is 9.64. The fourth-order valence-corrected chi connectivity index (χ4v) is 3.47. The third-order valence-corrected chi connectivity index (χ3v) is 5.00. The van der Waals surface area contributed by atoms with Crippen molar-refractivity contribution >= 4 is 27.5 Å². The summed E-state index contributed by atoms with van der Waals surface area (Å²) in [5, 5.41) is 7.63. The molecule has 140 valence electrons. The lowest BCUT2D eigenvalue weighted by Gasteiger charge is -2.18. The van der Waals surface area contributed by atoms with Gasteiger partial charge in [0.1, 0.15) is 5.75 Å². The van der Waals surface area contributed by atoms with Crippen LogP contribution in [0.15, 0.2) is 84.9 Å². The van der Waals surface area contributed by atoms with Crippen LogP contribution in [-0.4, -0.2) is 12.0 Å². The maximum atomic E-state index is 12.7. The van der Waals surface area contributed by atoms with Crippen molar-refractivity contribution in [2.75, 3.05) is 0 Å². The highest BCUT2D eigenvalue weighted by atomic mass is 16.5. The van der Waals surface area contributed by atoms with E-state index in [9.17, 15) is 4.79 Å². The molecule has 0 bridgehead atoms. The van der Waals surface area contributed by atoms with Crippen LogP contribution in [0.1, 0.15) is 18.9 Å². The second kappa shape index (κ2) is 8.13. The van der Waals surface area contributed by atoms with Crippen molar-refractivity contribution in [3.63, 3.8) is 0 Å². The molecule has 28 heavy (non-hydrogen) atoms. The van der Waals surface area contributed by atoms with Crippen LogP contribution >= 0.6 is 0 Å². The minimum Gasteiger partial charge on any atom is -0.481 e. The third-order valence-electron chi connectivity index (χ3n) is 5.00. The van der Waals surface area contributed by atoms with Crippen molar-refractivity contribution in [1.29, 1.82) is 0 Å². The van der Waals surface area contributed by atoms with Crippen molar-refractivity contribution in [2.45, 2.75) is 26.0 Å². The number of carbonyl (C=O) groups excluding carboxylic acids is 1. The molecule has 0 aromatic heterocycles. The lowest BCUT2D eigenvalue weighted by Crippen LogP contribution is -2.37. The Morgan fingerprint density at radius 3 is 2.39 bits per heavy atom. The number of fused-ring (bicyclic) bond motifs is 2. The second-order valence-corrected chi connectivity index (χ2v) is 6.88. The minimum absolute atomic E-state index is 0.0939.